The summed E-state index contributed by atoms with van der Waals surface area (Å²) in [6.45, 7) is -0.268. The number of nitro groups is 1. The van der Waals surface area contributed by atoms with Crippen LogP contribution in [0, 0.1) is 10.1 Å². The first-order chi connectivity index (χ1) is 9.95. The zero-order valence-electron chi connectivity index (χ0n) is 10.4. The quantitative estimate of drug-likeness (QED) is 0.369. The third kappa shape index (κ3) is 3.13. The molecular weight excluding hydrogens is 304 g/mol. The van der Waals surface area contributed by atoms with Gasteiger partial charge in [-0.05, 0) is 12.1 Å². The Morgan fingerprint density at radius 3 is 2.76 bits per heavy atom. The molecule has 1 heterocycles. The first-order valence-electron chi connectivity index (χ1n) is 5.44. The molecule has 4 N–H and O–H groups in total. The third-order valence-electron chi connectivity index (χ3n) is 2.45. The second-order valence-electron chi connectivity index (χ2n) is 3.73. The predicted molar refractivity (Wildman–Crippen MR) is 69.2 cm³/mol. The van der Waals surface area contributed by atoms with E-state index in [0.717, 1.165) is 12.5 Å². The van der Waals surface area contributed by atoms with E-state index in [4.69, 9.17) is 5.84 Å². The monoisotopic (exact) mass is 314 g/mol. The van der Waals surface area contributed by atoms with Crippen molar-refractivity contribution >= 4 is 21.4 Å². The minimum absolute atomic E-state index is 0.0920. The van der Waals surface area contributed by atoms with E-state index >= 15 is 0 Å². The van der Waals surface area contributed by atoms with Crippen molar-refractivity contribution in [1.82, 2.24) is 14.9 Å². The zero-order valence-corrected chi connectivity index (χ0v) is 11.2. The molecule has 21 heavy (non-hydrogen) atoms. The molecule has 12 heteroatoms. The number of hydrogen-bond acceptors (Lipinski definition) is 9. The highest BCUT2D eigenvalue weighted by molar-refractivity contribution is 7.89. The van der Waals surface area contributed by atoms with E-state index in [2.05, 4.69) is 24.8 Å². The number of hydrazine groups is 1. The lowest BCUT2D eigenvalue weighted by molar-refractivity contribution is -0.386. The fraction of sp³-hybridized carbons (Fsp3) is 0.111. The van der Waals surface area contributed by atoms with E-state index in [-0.39, 0.29) is 18.1 Å². The SMILES string of the molecule is NNc1cccc(S(=O)(=O)NCc2ncon2)c1[N+](=O)[O-]. The lowest BCUT2D eigenvalue weighted by Gasteiger charge is -2.08. The van der Waals surface area contributed by atoms with Crippen molar-refractivity contribution in [2.24, 2.45) is 5.84 Å². The molecule has 0 radical (unpaired) electrons. The van der Waals surface area contributed by atoms with Crippen molar-refractivity contribution in [3.63, 3.8) is 0 Å². The number of sulfonamides is 1. The van der Waals surface area contributed by atoms with E-state index in [9.17, 15) is 18.5 Å². The van der Waals surface area contributed by atoms with Gasteiger partial charge in [0.25, 0.3) is 0 Å². The number of anilines is 1. The normalized spacial score (nSPS) is 11.3. The predicted octanol–water partition coefficient (Wildman–Crippen LogP) is -0.258. The highest BCUT2D eigenvalue weighted by Gasteiger charge is 2.28. The van der Waals surface area contributed by atoms with Crippen LogP contribution in [0.25, 0.3) is 0 Å². The number of nitrogens with two attached hydrogens (primary N) is 1. The molecule has 1 aromatic carbocycles. The summed E-state index contributed by atoms with van der Waals surface area (Å²) >= 11 is 0. The van der Waals surface area contributed by atoms with Crippen LogP contribution in [0.15, 0.2) is 34.0 Å². The van der Waals surface area contributed by atoms with Crippen molar-refractivity contribution in [1.29, 1.82) is 0 Å². The van der Waals surface area contributed by atoms with Gasteiger partial charge in [-0.1, -0.05) is 11.2 Å². The largest absolute Gasteiger partial charge is 0.343 e. The van der Waals surface area contributed by atoms with Gasteiger partial charge in [-0.25, -0.2) is 13.1 Å². The summed E-state index contributed by atoms with van der Waals surface area (Å²) in [7, 11) is -4.15. The Morgan fingerprint density at radius 2 is 2.19 bits per heavy atom. The molecular formula is C9H10N6O5S. The number of benzene rings is 1. The third-order valence-corrected chi connectivity index (χ3v) is 3.89. The second kappa shape index (κ2) is 5.82. The summed E-state index contributed by atoms with van der Waals surface area (Å²) in [4.78, 5) is 13.3. The van der Waals surface area contributed by atoms with Gasteiger partial charge in [-0.2, -0.15) is 4.98 Å². The smallest absolute Gasteiger partial charge is 0.313 e. The fourth-order valence-electron chi connectivity index (χ4n) is 1.55. The average molecular weight is 314 g/mol. The van der Waals surface area contributed by atoms with Gasteiger partial charge < -0.3 is 9.95 Å². The standard InChI is InChI=1S/C9H10N6O5S/c10-13-6-2-1-3-7(9(6)15(16)17)21(18,19)12-4-8-11-5-20-14-8/h1-3,5,12-13H,4,10H2. The van der Waals surface area contributed by atoms with Crippen LogP contribution in [0.1, 0.15) is 5.82 Å². The maximum atomic E-state index is 12.2. The Kier molecular flexibility index (Phi) is 4.11. The number of rotatable bonds is 6. The second-order valence-corrected chi connectivity index (χ2v) is 5.46. The minimum Gasteiger partial charge on any atom is -0.343 e. The zero-order chi connectivity index (χ0) is 15.5. The molecule has 2 rings (SSSR count). The van der Waals surface area contributed by atoms with Gasteiger partial charge >= 0.3 is 5.69 Å². The molecule has 0 saturated carbocycles. The topological polar surface area (TPSA) is 166 Å². The number of hydrogen-bond donors (Lipinski definition) is 3. The number of nitro benzene ring substituents is 1. The van der Waals surface area contributed by atoms with E-state index in [0.29, 0.717) is 0 Å². The Labute approximate surface area is 118 Å². The van der Waals surface area contributed by atoms with Crippen LogP contribution in [-0.2, 0) is 16.6 Å². The van der Waals surface area contributed by atoms with Crippen LogP contribution in [0.3, 0.4) is 0 Å². The number of nitrogen functional groups attached to an aromatic ring is 1. The molecule has 0 fully saturated rings. The first kappa shape index (κ1) is 14.8. The Bertz CT molecular complexity index is 744. The maximum absolute atomic E-state index is 12.2. The van der Waals surface area contributed by atoms with Gasteiger partial charge in [0, 0.05) is 0 Å². The van der Waals surface area contributed by atoms with Crippen molar-refractivity contribution < 1.29 is 17.9 Å². The van der Waals surface area contributed by atoms with E-state index < -0.39 is 25.5 Å². The van der Waals surface area contributed by atoms with Crippen LogP contribution in [0.2, 0.25) is 0 Å². The number of nitrogens with zero attached hydrogens (tertiary/aromatic N) is 3. The summed E-state index contributed by atoms with van der Waals surface area (Å²) in [6, 6.07) is 3.71. The van der Waals surface area contributed by atoms with Gasteiger partial charge in [-0.3, -0.25) is 16.0 Å². The highest BCUT2D eigenvalue weighted by atomic mass is 32.2. The summed E-state index contributed by atoms with van der Waals surface area (Å²) in [5.74, 6) is 5.24. The molecule has 0 spiro atoms. The lowest BCUT2D eigenvalue weighted by atomic mass is 10.3. The Hall–Kier alpha value is -2.57. The van der Waals surface area contributed by atoms with Crippen molar-refractivity contribution in [2.75, 3.05) is 5.43 Å². The van der Waals surface area contributed by atoms with Crippen molar-refractivity contribution in [3.8, 4) is 0 Å². The molecule has 1 aromatic heterocycles. The van der Waals surface area contributed by atoms with Crippen LogP contribution in [0.5, 0.6) is 0 Å². The first-order valence-corrected chi connectivity index (χ1v) is 6.93. The van der Waals surface area contributed by atoms with Gasteiger partial charge in [0.1, 0.15) is 5.69 Å². The molecule has 0 unspecified atom stereocenters. The molecule has 0 aliphatic heterocycles. The number of aromatic nitrogens is 2. The van der Waals surface area contributed by atoms with Crippen LogP contribution >= 0.6 is 0 Å². The lowest BCUT2D eigenvalue weighted by Crippen LogP contribution is -2.25. The Balaban J connectivity index is 2.37. The van der Waals surface area contributed by atoms with Crippen molar-refractivity contribution in [3.05, 3.63) is 40.5 Å². The van der Waals surface area contributed by atoms with Gasteiger partial charge in [0.15, 0.2) is 10.7 Å². The molecule has 0 saturated heterocycles. The van der Waals surface area contributed by atoms with E-state index in [1.54, 1.807) is 0 Å². The van der Waals surface area contributed by atoms with E-state index in [1.165, 1.54) is 12.1 Å². The number of para-hydroxylation sites is 1. The average Bonchev–Trinajstić information content (AvgIpc) is 2.97. The molecule has 0 aliphatic carbocycles. The molecule has 112 valence electrons. The Morgan fingerprint density at radius 1 is 1.43 bits per heavy atom. The van der Waals surface area contributed by atoms with Crippen LogP contribution in [0.4, 0.5) is 11.4 Å². The summed E-state index contributed by atoms with van der Waals surface area (Å²) < 4.78 is 30.9. The van der Waals surface area contributed by atoms with E-state index in [1.807, 2.05) is 0 Å². The molecule has 11 nitrogen and oxygen atoms in total. The molecule has 0 bridgehead atoms. The van der Waals surface area contributed by atoms with Crippen molar-refractivity contribution in [2.45, 2.75) is 11.4 Å². The molecule has 0 amide bonds. The summed E-state index contributed by atoms with van der Waals surface area (Å²) in [5, 5.41) is 14.5. The van der Waals surface area contributed by atoms with Crippen LogP contribution < -0.4 is 16.0 Å². The summed E-state index contributed by atoms with van der Waals surface area (Å²) in [5.41, 5.74) is 1.31. The highest BCUT2D eigenvalue weighted by Crippen LogP contribution is 2.31. The van der Waals surface area contributed by atoms with Gasteiger partial charge in [-0.15, -0.1) is 0 Å². The fourth-order valence-corrected chi connectivity index (χ4v) is 2.72. The number of nitrogens with one attached hydrogen (secondary N) is 2. The molecule has 2 aromatic rings. The minimum atomic E-state index is -4.15. The molecule has 0 aliphatic rings. The maximum Gasteiger partial charge on any atom is 0.313 e. The van der Waals surface area contributed by atoms with Crippen LogP contribution in [-0.4, -0.2) is 23.5 Å². The molecule has 0 atom stereocenters. The van der Waals surface area contributed by atoms with Gasteiger partial charge in [0.2, 0.25) is 16.4 Å². The van der Waals surface area contributed by atoms with Gasteiger partial charge in [0.05, 0.1) is 11.5 Å². The summed E-state index contributed by atoms with van der Waals surface area (Å²) in [6.07, 6.45) is 1.03.